The Hall–Kier alpha value is -1.25. The molecule has 140 valence electrons. The lowest BCUT2D eigenvalue weighted by Crippen LogP contribution is -2.53. The second-order valence-electron chi connectivity index (χ2n) is 5.74. The van der Waals surface area contributed by atoms with E-state index in [-0.39, 0.29) is 5.69 Å². The zero-order valence-corrected chi connectivity index (χ0v) is 14.6. The molecule has 0 saturated carbocycles. The summed E-state index contributed by atoms with van der Waals surface area (Å²) in [6.07, 6.45) is 2.45. The van der Waals surface area contributed by atoms with Crippen LogP contribution in [0.5, 0.6) is 0 Å². The summed E-state index contributed by atoms with van der Waals surface area (Å²) in [5.74, 6) is 0. The van der Waals surface area contributed by atoms with Crippen molar-refractivity contribution in [3.63, 3.8) is 0 Å². The van der Waals surface area contributed by atoms with Crippen molar-refractivity contribution < 1.29 is 27.5 Å². The molecule has 0 aliphatic heterocycles. The Morgan fingerprint density at radius 3 is 2.20 bits per heavy atom. The number of fused-ring (bicyclic) bond motifs is 1. The molecule has 3 N–H and O–H groups in total. The van der Waals surface area contributed by atoms with Gasteiger partial charge in [0, 0.05) is 12.6 Å². The van der Waals surface area contributed by atoms with Crippen LogP contribution >= 0.6 is 23.2 Å². The van der Waals surface area contributed by atoms with Crippen LogP contribution in [0.2, 0.25) is 0 Å². The summed E-state index contributed by atoms with van der Waals surface area (Å²) < 4.78 is 55.2. The van der Waals surface area contributed by atoms with E-state index in [4.69, 9.17) is 23.2 Å². The van der Waals surface area contributed by atoms with Crippen molar-refractivity contribution >= 4 is 34.9 Å². The highest BCUT2D eigenvalue weighted by Gasteiger charge is 2.68. The van der Waals surface area contributed by atoms with E-state index >= 15 is 0 Å². The van der Waals surface area contributed by atoms with Crippen LogP contribution in [-0.4, -0.2) is 28.9 Å². The maximum Gasteiger partial charge on any atom is 0.361 e. The average Bonchev–Trinajstić information content (AvgIpc) is 2.52. The predicted molar refractivity (Wildman–Crippen MR) is 86.7 cm³/mol. The standard InChI is InChI=1S/C15H16Cl2F4N2O2/c1-22-12(24)23-11-9-5-3-2-4-8(9)6-7-10(11)13(25,14(16,18)19)15(17,20)21/h6-7,25H,2-5H2,1H3,(H2,22,23,24). The molecule has 1 aromatic rings. The quantitative estimate of drug-likeness (QED) is 0.522. The Morgan fingerprint density at radius 2 is 1.68 bits per heavy atom. The third-order valence-corrected chi connectivity index (χ3v) is 4.76. The molecule has 0 saturated heterocycles. The number of benzene rings is 1. The number of aryl methyl sites for hydroxylation is 1. The van der Waals surface area contributed by atoms with Gasteiger partial charge in [-0.2, -0.15) is 17.6 Å². The summed E-state index contributed by atoms with van der Waals surface area (Å²) in [6.45, 7) is 0. The van der Waals surface area contributed by atoms with Gasteiger partial charge < -0.3 is 15.7 Å². The number of amides is 2. The molecule has 0 bridgehead atoms. The summed E-state index contributed by atoms with van der Waals surface area (Å²) >= 11 is 9.62. The van der Waals surface area contributed by atoms with Gasteiger partial charge in [-0.1, -0.05) is 12.1 Å². The van der Waals surface area contributed by atoms with Crippen LogP contribution in [0.3, 0.4) is 0 Å². The molecule has 1 aliphatic rings. The monoisotopic (exact) mass is 402 g/mol. The summed E-state index contributed by atoms with van der Waals surface area (Å²) in [6, 6.07) is 1.43. The number of halogens is 6. The van der Waals surface area contributed by atoms with Gasteiger partial charge in [0.15, 0.2) is 0 Å². The molecule has 0 aromatic heterocycles. The number of rotatable bonds is 4. The van der Waals surface area contributed by atoms with E-state index in [1.165, 1.54) is 13.1 Å². The van der Waals surface area contributed by atoms with Gasteiger partial charge in [-0.05, 0) is 60.0 Å². The van der Waals surface area contributed by atoms with Crippen LogP contribution in [0.4, 0.5) is 28.0 Å². The first kappa shape index (κ1) is 20.1. The van der Waals surface area contributed by atoms with Crippen LogP contribution in [-0.2, 0) is 18.4 Å². The van der Waals surface area contributed by atoms with Crippen LogP contribution in [0.1, 0.15) is 29.5 Å². The van der Waals surface area contributed by atoms with Gasteiger partial charge in [-0.3, -0.25) is 0 Å². The molecule has 0 fully saturated rings. The summed E-state index contributed by atoms with van der Waals surface area (Å²) in [4.78, 5) is 11.7. The molecule has 4 nitrogen and oxygen atoms in total. The maximum atomic E-state index is 13.8. The lowest BCUT2D eigenvalue weighted by atomic mass is 9.83. The van der Waals surface area contributed by atoms with E-state index in [9.17, 15) is 27.5 Å². The first-order chi connectivity index (χ1) is 11.4. The number of alkyl halides is 6. The third-order valence-electron chi connectivity index (χ3n) is 4.21. The van der Waals surface area contributed by atoms with Crippen molar-refractivity contribution in [3.05, 3.63) is 28.8 Å². The predicted octanol–water partition coefficient (Wildman–Crippen LogP) is 4.17. The van der Waals surface area contributed by atoms with E-state index in [0.29, 0.717) is 30.4 Å². The Balaban J connectivity index is 2.76. The Bertz CT molecular complexity index is 661. The van der Waals surface area contributed by atoms with Crippen molar-refractivity contribution in [2.45, 2.75) is 42.0 Å². The minimum absolute atomic E-state index is 0.334. The maximum absolute atomic E-state index is 13.8. The topological polar surface area (TPSA) is 61.4 Å². The Kier molecular flexibility index (Phi) is 5.47. The van der Waals surface area contributed by atoms with Gasteiger partial charge in [-0.25, -0.2) is 4.79 Å². The summed E-state index contributed by atoms with van der Waals surface area (Å²) in [5.41, 5.74) is -4.41. The number of hydrogen-bond acceptors (Lipinski definition) is 2. The highest BCUT2D eigenvalue weighted by Crippen LogP contribution is 2.55. The van der Waals surface area contributed by atoms with Crippen LogP contribution in [0.15, 0.2) is 12.1 Å². The van der Waals surface area contributed by atoms with Gasteiger partial charge in [0.25, 0.3) is 0 Å². The Morgan fingerprint density at radius 1 is 1.12 bits per heavy atom. The lowest BCUT2D eigenvalue weighted by Gasteiger charge is -2.37. The molecular formula is C15H16Cl2F4N2O2. The van der Waals surface area contributed by atoms with E-state index in [2.05, 4.69) is 10.6 Å². The molecule has 0 radical (unpaired) electrons. The number of carbonyl (C=O) groups is 1. The minimum Gasteiger partial charge on any atom is -0.372 e. The van der Waals surface area contributed by atoms with Crippen molar-refractivity contribution in [2.24, 2.45) is 0 Å². The largest absolute Gasteiger partial charge is 0.372 e. The van der Waals surface area contributed by atoms with Gasteiger partial charge >= 0.3 is 16.8 Å². The van der Waals surface area contributed by atoms with Crippen molar-refractivity contribution in [2.75, 3.05) is 12.4 Å². The zero-order valence-electron chi connectivity index (χ0n) is 13.1. The second kappa shape index (κ2) is 6.81. The molecular weight excluding hydrogens is 387 g/mol. The van der Waals surface area contributed by atoms with E-state index < -0.39 is 28.0 Å². The number of nitrogens with one attached hydrogen (secondary N) is 2. The first-order valence-corrected chi connectivity index (χ1v) is 8.19. The third kappa shape index (κ3) is 3.52. The van der Waals surface area contributed by atoms with Crippen LogP contribution in [0.25, 0.3) is 0 Å². The number of hydrogen-bond donors (Lipinski definition) is 3. The smallest absolute Gasteiger partial charge is 0.361 e. The summed E-state index contributed by atoms with van der Waals surface area (Å²) in [7, 11) is 1.27. The number of anilines is 1. The zero-order chi connectivity index (χ0) is 19.0. The van der Waals surface area contributed by atoms with Crippen LogP contribution < -0.4 is 10.6 Å². The fourth-order valence-corrected chi connectivity index (χ4v) is 3.40. The number of urea groups is 1. The van der Waals surface area contributed by atoms with Gasteiger partial charge in [-0.15, -0.1) is 0 Å². The highest BCUT2D eigenvalue weighted by molar-refractivity contribution is 6.26. The van der Waals surface area contributed by atoms with Gasteiger partial charge in [0.05, 0.1) is 5.69 Å². The van der Waals surface area contributed by atoms with Gasteiger partial charge in [0.1, 0.15) is 0 Å². The number of carbonyl (C=O) groups excluding carboxylic acids is 1. The molecule has 0 spiro atoms. The molecule has 2 rings (SSSR count). The molecule has 1 aliphatic carbocycles. The molecule has 1 aromatic carbocycles. The fraction of sp³-hybridized carbons (Fsp3) is 0.533. The highest BCUT2D eigenvalue weighted by atomic mass is 35.5. The van der Waals surface area contributed by atoms with Crippen molar-refractivity contribution in [3.8, 4) is 0 Å². The lowest BCUT2D eigenvalue weighted by molar-refractivity contribution is -0.224. The summed E-state index contributed by atoms with van der Waals surface area (Å²) in [5, 5.41) is 5.03. The van der Waals surface area contributed by atoms with Gasteiger partial charge in [0.2, 0.25) is 5.60 Å². The molecule has 0 atom stereocenters. The number of aliphatic hydroxyl groups is 1. The van der Waals surface area contributed by atoms with E-state index in [0.717, 1.165) is 12.5 Å². The second-order valence-corrected chi connectivity index (χ2v) is 6.69. The average molecular weight is 403 g/mol. The Labute approximate surface area is 151 Å². The molecule has 10 heteroatoms. The van der Waals surface area contributed by atoms with Crippen LogP contribution in [0, 0.1) is 0 Å². The normalized spacial score (nSPS) is 15.5. The van der Waals surface area contributed by atoms with Crippen molar-refractivity contribution in [1.29, 1.82) is 0 Å². The fourth-order valence-electron chi connectivity index (χ4n) is 2.91. The van der Waals surface area contributed by atoms with E-state index in [1.54, 1.807) is 0 Å². The van der Waals surface area contributed by atoms with E-state index in [1.807, 2.05) is 0 Å². The molecule has 25 heavy (non-hydrogen) atoms. The SMILES string of the molecule is CNC(=O)Nc1c(C(O)(C(F)(F)Cl)C(F)(F)Cl)ccc2c1CCCC2. The molecule has 2 amide bonds. The molecule has 0 heterocycles. The first-order valence-electron chi connectivity index (χ1n) is 7.43. The molecule has 0 unspecified atom stereocenters. The minimum atomic E-state index is -4.81. The van der Waals surface area contributed by atoms with Crippen molar-refractivity contribution in [1.82, 2.24) is 5.32 Å².